The topological polar surface area (TPSA) is 45.2 Å². The minimum Gasteiger partial charge on any atom is -0.324 e. The van der Waals surface area contributed by atoms with Gasteiger partial charge in [0.2, 0.25) is 5.91 Å². The van der Waals surface area contributed by atoms with Gasteiger partial charge >= 0.3 is 6.18 Å². The Labute approximate surface area is 180 Å². The van der Waals surface area contributed by atoms with E-state index in [4.69, 9.17) is 16.6 Å². The number of amides is 1. The van der Waals surface area contributed by atoms with Crippen LogP contribution in [-0.2, 0) is 11.0 Å². The van der Waals surface area contributed by atoms with Gasteiger partial charge in [0.15, 0.2) is 0 Å². The molecule has 1 N–H and O–H groups in total. The number of aromatic nitrogens is 1. The van der Waals surface area contributed by atoms with Crippen LogP contribution in [0.15, 0.2) is 42.5 Å². The van der Waals surface area contributed by atoms with Gasteiger partial charge in [0.25, 0.3) is 0 Å². The highest BCUT2D eigenvalue weighted by Crippen LogP contribution is 2.35. The highest BCUT2D eigenvalue weighted by atomic mass is 35.5. The van der Waals surface area contributed by atoms with Gasteiger partial charge in [-0.05, 0) is 56.3 Å². The molecule has 2 aromatic carbocycles. The Bertz CT molecular complexity index is 1030. The molecule has 9 heteroatoms. The number of piperidine rings is 1. The first-order valence-corrected chi connectivity index (χ1v) is 10.7. The molecule has 0 saturated carbocycles. The fourth-order valence-corrected chi connectivity index (χ4v) is 4.89. The molecule has 1 saturated heterocycles. The van der Waals surface area contributed by atoms with E-state index in [1.807, 2.05) is 23.1 Å². The lowest BCUT2D eigenvalue weighted by Crippen LogP contribution is -2.38. The van der Waals surface area contributed by atoms with Crippen molar-refractivity contribution in [1.82, 2.24) is 9.88 Å². The second-order valence-corrected chi connectivity index (χ2v) is 8.78. The molecule has 30 heavy (non-hydrogen) atoms. The number of benzene rings is 2. The van der Waals surface area contributed by atoms with Crippen LogP contribution in [-0.4, -0.2) is 35.4 Å². The minimum atomic E-state index is -4.49. The van der Waals surface area contributed by atoms with Gasteiger partial charge in [-0.2, -0.15) is 13.2 Å². The smallest absolute Gasteiger partial charge is 0.324 e. The number of likely N-dealkylation sites (tertiary alicyclic amines) is 1. The molecule has 0 bridgehead atoms. The van der Waals surface area contributed by atoms with Crippen molar-refractivity contribution in [1.29, 1.82) is 0 Å². The zero-order valence-corrected chi connectivity index (χ0v) is 17.4. The molecule has 1 aliphatic rings. The lowest BCUT2D eigenvalue weighted by atomic mass is 9.97. The van der Waals surface area contributed by atoms with Crippen LogP contribution in [0, 0.1) is 0 Å². The van der Waals surface area contributed by atoms with E-state index in [1.165, 1.54) is 4.70 Å². The largest absolute Gasteiger partial charge is 0.416 e. The van der Waals surface area contributed by atoms with E-state index in [2.05, 4.69) is 11.4 Å². The zero-order valence-electron chi connectivity index (χ0n) is 15.9. The van der Waals surface area contributed by atoms with Gasteiger partial charge in [-0.1, -0.05) is 23.7 Å². The van der Waals surface area contributed by atoms with Crippen molar-refractivity contribution in [3.63, 3.8) is 0 Å². The summed E-state index contributed by atoms with van der Waals surface area (Å²) in [5, 5.41) is 3.70. The molecule has 1 aromatic heterocycles. The van der Waals surface area contributed by atoms with Crippen LogP contribution in [0.5, 0.6) is 0 Å². The number of carbonyl (C=O) groups excluding carboxylic acids is 1. The van der Waals surface area contributed by atoms with E-state index >= 15 is 0 Å². The third-order valence-corrected chi connectivity index (χ3v) is 6.71. The maximum atomic E-state index is 12.9. The van der Waals surface area contributed by atoms with Crippen LogP contribution in [0.4, 0.5) is 18.9 Å². The highest BCUT2D eigenvalue weighted by molar-refractivity contribution is 7.18. The molecule has 158 valence electrons. The summed E-state index contributed by atoms with van der Waals surface area (Å²) >= 11 is 7.66. The number of hydrogen-bond donors (Lipinski definition) is 1. The standard InChI is InChI=1S/C21H19ClF3N3OS/c22-15-6-5-14(21(23,24)25)11-17(15)26-19(29)12-28-9-7-13(8-10-28)20-27-16-3-1-2-4-18(16)30-20/h1-6,11,13H,7-10,12H2,(H,26,29). The molecule has 4 rings (SSSR count). The molecular weight excluding hydrogens is 435 g/mol. The number of thiazole rings is 1. The molecule has 1 fully saturated rings. The van der Waals surface area contributed by atoms with Crippen molar-refractivity contribution in [2.24, 2.45) is 0 Å². The molecule has 0 spiro atoms. The third-order valence-electron chi connectivity index (χ3n) is 5.18. The molecule has 0 unspecified atom stereocenters. The van der Waals surface area contributed by atoms with Crippen LogP contribution in [0.3, 0.4) is 0 Å². The number of halogens is 4. The molecule has 0 aliphatic carbocycles. The second-order valence-electron chi connectivity index (χ2n) is 7.31. The van der Waals surface area contributed by atoms with Crippen molar-refractivity contribution in [3.05, 3.63) is 58.1 Å². The number of nitrogens with zero attached hydrogens (tertiary/aromatic N) is 2. The van der Waals surface area contributed by atoms with Gasteiger partial charge in [-0.3, -0.25) is 9.69 Å². The van der Waals surface area contributed by atoms with Gasteiger partial charge in [0, 0.05) is 5.92 Å². The fourth-order valence-electron chi connectivity index (χ4n) is 3.59. The number of nitrogens with one attached hydrogen (secondary N) is 1. The first kappa shape index (κ1) is 21.1. The van der Waals surface area contributed by atoms with Crippen LogP contribution in [0.1, 0.15) is 29.3 Å². The fraction of sp³-hybridized carbons (Fsp3) is 0.333. The summed E-state index contributed by atoms with van der Waals surface area (Å²) in [6, 6.07) is 10.9. The first-order valence-electron chi connectivity index (χ1n) is 9.54. The van der Waals surface area contributed by atoms with Gasteiger partial charge in [-0.25, -0.2) is 4.98 Å². The van der Waals surface area contributed by atoms with Crippen LogP contribution < -0.4 is 5.32 Å². The lowest BCUT2D eigenvalue weighted by Gasteiger charge is -2.30. The number of fused-ring (bicyclic) bond motifs is 1. The van der Waals surface area contributed by atoms with Crippen molar-refractivity contribution in [2.75, 3.05) is 25.0 Å². The SMILES string of the molecule is O=C(CN1CCC(c2nc3ccccc3s2)CC1)Nc1cc(C(F)(F)F)ccc1Cl. The number of rotatable bonds is 4. The van der Waals surface area contributed by atoms with Crippen LogP contribution in [0.2, 0.25) is 5.02 Å². The summed E-state index contributed by atoms with van der Waals surface area (Å²) < 4.78 is 39.8. The van der Waals surface area contributed by atoms with Crippen LogP contribution >= 0.6 is 22.9 Å². The molecular formula is C21H19ClF3N3OS. The van der Waals surface area contributed by atoms with E-state index < -0.39 is 11.7 Å². The Morgan fingerprint density at radius 3 is 2.63 bits per heavy atom. The third kappa shape index (κ3) is 4.77. The summed E-state index contributed by atoms with van der Waals surface area (Å²) in [4.78, 5) is 19.1. The monoisotopic (exact) mass is 453 g/mol. The molecule has 0 atom stereocenters. The van der Waals surface area contributed by atoms with E-state index in [0.717, 1.165) is 54.7 Å². The number of alkyl halides is 3. The normalized spacial score (nSPS) is 16.1. The highest BCUT2D eigenvalue weighted by Gasteiger charge is 2.31. The number of anilines is 1. The average molecular weight is 454 g/mol. The molecule has 0 radical (unpaired) electrons. The summed E-state index contributed by atoms with van der Waals surface area (Å²) in [5.41, 5.74) is 0.136. The van der Waals surface area contributed by atoms with Gasteiger partial charge in [-0.15, -0.1) is 11.3 Å². The average Bonchev–Trinajstić information content (AvgIpc) is 3.13. The quantitative estimate of drug-likeness (QED) is 0.544. The van der Waals surface area contributed by atoms with Gasteiger partial charge in [0.05, 0.1) is 38.0 Å². The summed E-state index contributed by atoms with van der Waals surface area (Å²) in [5.74, 6) is -0.0192. The number of para-hydroxylation sites is 1. The first-order chi connectivity index (χ1) is 14.3. The summed E-state index contributed by atoms with van der Waals surface area (Å²) in [6.07, 6.45) is -2.72. The van der Waals surface area contributed by atoms with Crippen LogP contribution in [0.25, 0.3) is 10.2 Å². The molecule has 1 aliphatic heterocycles. The van der Waals surface area contributed by atoms with E-state index in [0.29, 0.717) is 5.92 Å². The summed E-state index contributed by atoms with van der Waals surface area (Å²) in [6.45, 7) is 1.56. The Balaban J connectivity index is 1.33. The Morgan fingerprint density at radius 1 is 1.20 bits per heavy atom. The van der Waals surface area contributed by atoms with E-state index in [1.54, 1.807) is 11.3 Å². The Morgan fingerprint density at radius 2 is 1.93 bits per heavy atom. The summed E-state index contributed by atoms with van der Waals surface area (Å²) in [7, 11) is 0. The predicted octanol–water partition coefficient (Wildman–Crippen LogP) is 5.79. The Kier molecular flexibility index (Phi) is 5.99. The molecule has 1 amide bonds. The maximum absolute atomic E-state index is 12.9. The van der Waals surface area contributed by atoms with E-state index in [9.17, 15) is 18.0 Å². The van der Waals surface area contributed by atoms with Crippen molar-refractivity contribution >= 4 is 44.7 Å². The van der Waals surface area contributed by atoms with Crippen molar-refractivity contribution in [2.45, 2.75) is 24.9 Å². The van der Waals surface area contributed by atoms with Crippen molar-refractivity contribution in [3.8, 4) is 0 Å². The van der Waals surface area contributed by atoms with E-state index in [-0.39, 0.29) is 23.2 Å². The minimum absolute atomic E-state index is 0.0270. The molecule has 2 heterocycles. The number of hydrogen-bond acceptors (Lipinski definition) is 4. The second kappa shape index (κ2) is 8.53. The maximum Gasteiger partial charge on any atom is 0.416 e. The zero-order chi connectivity index (χ0) is 21.3. The lowest BCUT2D eigenvalue weighted by molar-refractivity contribution is -0.137. The van der Waals surface area contributed by atoms with Gasteiger partial charge in [0.1, 0.15) is 0 Å². The van der Waals surface area contributed by atoms with Crippen molar-refractivity contribution < 1.29 is 18.0 Å². The van der Waals surface area contributed by atoms with Gasteiger partial charge < -0.3 is 5.32 Å². The Hall–Kier alpha value is -2.16. The molecule has 4 nitrogen and oxygen atoms in total. The predicted molar refractivity (Wildman–Crippen MR) is 113 cm³/mol. The number of carbonyl (C=O) groups is 1. The molecule has 3 aromatic rings.